The fraction of sp³-hybridized carbons (Fsp3) is 0.286. The standard InChI is InChI=1S/C14H11F3N2O2/c15-14(16,17)21-9-6-4-8(5-7-9)12-18-11-3-1-2-10(11)13(20)19-12/h4-7H,1-3H2,(H,18,19,20). The van der Waals surface area contributed by atoms with Crippen LogP contribution in [0.4, 0.5) is 13.2 Å². The molecule has 110 valence electrons. The van der Waals surface area contributed by atoms with Crippen molar-refractivity contribution in [1.29, 1.82) is 0 Å². The maximum absolute atomic E-state index is 12.1. The van der Waals surface area contributed by atoms with Gasteiger partial charge >= 0.3 is 6.36 Å². The number of rotatable bonds is 2. The smallest absolute Gasteiger partial charge is 0.406 e. The van der Waals surface area contributed by atoms with Gasteiger partial charge in [-0.15, -0.1) is 13.2 Å². The van der Waals surface area contributed by atoms with E-state index in [0.717, 1.165) is 25.0 Å². The van der Waals surface area contributed by atoms with E-state index in [2.05, 4.69) is 14.7 Å². The minimum atomic E-state index is -4.72. The molecular weight excluding hydrogens is 285 g/mol. The highest BCUT2D eigenvalue weighted by molar-refractivity contribution is 5.56. The van der Waals surface area contributed by atoms with Gasteiger partial charge in [0.05, 0.1) is 5.69 Å². The largest absolute Gasteiger partial charge is 0.573 e. The van der Waals surface area contributed by atoms with Gasteiger partial charge in [-0.25, -0.2) is 4.98 Å². The Morgan fingerprint density at radius 2 is 1.86 bits per heavy atom. The normalized spacial score (nSPS) is 14.0. The molecule has 0 fully saturated rings. The molecule has 0 amide bonds. The average Bonchev–Trinajstić information content (AvgIpc) is 2.86. The molecule has 0 radical (unpaired) electrons. The molecule has 0 atom stereocenters. The number of fused-ring (bicyclic) bond motifs is 1. The van der Waals surface area contributed by atoms with E-state index in [4.69, 9.17) is 0 Å². The highest BCUT2D eigenvalue weighted by atomic mass is 19.4. The summed E-state index contributed by atoms with van der Waals surface area (Å²) in [4.78, 5) is 18.9. The number of aryl methyl sites for hydroxylation is 1. The highest BCUT2D eigenvalue weighted by Gasteiger charge is 2.31. The van der Waals surface area contributed by atoms with Crippen molar-refractivity contribution in [3.8, 4) is 17.1 Å². The molecule has 4 nitrogen and oxygen atoms in total. The van der Waals surface area contributed by atoms with Crippen LogP contribution in [0.25, 0.3) is 11.4 Å². The van der Waals surface area contributed by atoms with Crippen LogP contribution in [0.2, 0.25) is 0 Å². The molecule has 0 saturated heterocycles. The lowest BCUT2D eigenvalue weighted by molar-refractivity contribution is -0.274. The summed E-state index contributed by atoms with van der Waals surface area (Å²) in [5.74, 6) is 0.0500. The number of nitrogens with one attached hydrogen (secondary N) is 1. The van der Waals surface area contributed by atoms with Crippen molar-refractivity contribution in [3.63, 3.8) is 0 Å². The van der Waals surface area contributed by atoms with Crippen LogP contribution in [0.5, 0.6) is 5.75 Å². The van der Waals surface area contributed by atoms with Crippen LogP contribution in [0, 0.1) is 0 Å². The molecule has 1 aliphatic carbocycles. The van der Waals surface area contributed by atoms with Crippen molar-refractivity contribution in [2.75, 3.05) is 0 Å². The van der Waals surface area contributed by atoms with Gasteiger partial charge < -0.3 is 9.72 Å². The van der Waals surface area contributed by atoms with Crippen molar-refractivity contribution < 1.29 is 17.9 Å². The van der Waals surface area contributed by atoms with E-state index in [1.807, 2.05) is 0 Å². The van der Waals surface area contributed by atoms with Gasteiger partial charge in [-0.2, -0.15) is 0 Å². The second kappa shape index (κ2) is 4.91. The topological polar surface area (TPSA) is 55.0 Å². The van der Waals surface area contributed by atoms with Crippen molar-refractivity contribution in [1.82, 2.24) is 9.97 Å². The highest BCUT2D eigenvalue weighted by Crippen LogP contribution is 2.25. The van der Waals surface area contributed by atoms with Gasteiger partial charge in [0, 0.05) is 11.1 Å². The van der Waals surface area contributed by atoms with Crippen LogP contribution in [0.3, 0.4) is 0 Å². The lowest BCUT2D eigenvalue weighted by Crippen LogP contribution is -2.17. The summed E-state index contributed by atoms with van der Waals surface area (Å²) in [5.41, 5.74) is 1.83. The number of aromatic amines is 1. The molecule has 3 rings (SSSR count). The van der Waals surface area contributed by atoms with Gasteiger partial charge in [0.2, 0.25) is 0 Å². The zero-order chi connectivity index (χ0) is 15.0. The van der Waals surface area contributed by atoms with Crippen molar-refractivity contribution in [3.05, 3.63) is 45.9 Å². The zero-order valence-electron chi connectivity index (χ0n) is 10.8. The molecule has 1 aliphatic rings. The second-order valence-corrected chi connectivity index (χ2v) is 4.77. The Morgan fingerprint density at radius 1 is 1.14 bits per heavy atom. The van der Waals surface area contributed by atoms with Gasteiger partial charge in [-0.1, -0.05) is 0 Å². The lowest BCUT2D eigenvalue weighted by Gasteiger charge is -2.09. The monoisotopic (exact) mass is 296 g/mol. The van der Waals surface area contributed by atoms with E-state index in [1.165, 1.54) is 24.3 Å². The van der Waals surface area contributed by atoms with Crippen LogP contribution < -0.4 is 10.3 Å². The first kappa shape index (κ1) is 13.7. The Morgan fingerprint density at radius 3 is 2.52 bits per heavy atom. The molecule has 0 saturated carbocycles. The Balaban J connectivity index is 1.91. The first-order valence-electron chi connectivity index (χ1n) is 6.41. The maximum Gasteiger partial charge on any atom is 0.573 e. The van der Waals surface area contributed by atoms with Crippen LogP contribution in [0.15, 0.2) is 29.1 Å². The van der Waals surface area contributed by atoms with E-state index >= 15 is 0 Å². The third kappa shape index (κ3) is 2.91. The minimum absolute atomic E-state index is 0.178. The molecule has 1 aromatic heterocycles. The quantitative estimate of drug-likeness (QED) is 0.927. The summed E-state index contributed by atoms with van der Waals surface area (Å²) in [6.45, 7) is 0. The molecule has 1 N–H and O–H groups in total. The number of hydrogen-bond donors (Lipinski definition) is 1. The Hall–Kier alpha value is -2.31. The van der Waals surface area contributed by atoms with Gasteiger partial charge in [-0.3, -0.25) is 4.79 Å². The van der Waals surface area contributed by atoms with Crippen LogP contribution >= 0.6 is 0 Å². The summed E-state index contributed by atoms with van der Waals surface area (Å²) in [7, 11) is 0. The number of aromatic nitrogens is 2. The third-order valence-electron chi connectivity index (χ3n) is 3.30. The van der Waals surface area contributed by atoms with Crippen LogP contribution in [-0.2, 0) is 12.8 Å². The predicted molar refractivity (Wildman–Crippen MR) is 69.0 cm³/mol. The summed E-state index contributed by atoms with van der Waals surface area (Å²) in [6, 6.07) is 5.24. The number of alkyl halides is 3. The Labute approximate surface area is 117 Å². The fourth-order valence-corrected chi connectivity index (χ4v) is 2.39. The van der Waals surface area contributed by atoms with Gasteiger partial charge in [0.15, 0.2) is 0 Å². The minimum Gasteiger partial charge on any atom is -0.406 e. The predicted octanol–water partition coefficient (Wildman–Crippen LogP) is 2.82. The van der Waals surface area contributed by atoms with Crippen LogP contribution in [-0.4, -0.2) is 16.3 Å². The molecule has 1 heterocycles. The summed E-state index contributed by atoms with van der Waals surface area (Å²) < 4.78 is 40.1. The zero-order valence-corrected chi connectivity index (χ0v) is 10.8. The van der Waals surface area contributed by atoms with E-state index in [9.17, 15) is 18.0 Å². The fourth-order valence-electron chi connectivity index (χ4n) is 2.39. The number of hydrogen-bond acceptors (Lipinski definition) is 3. The molecule has 0 unspecified atom stereocenters. The molecule has 0 aliphatic heterocycles. The van der Waals surface area contributed by atoms with Gasteiger partial charge in [-0.05, 0) is 43.5 Å². The Kier molecular flexibility index (Phi) is 3.19. The number of ether oxygens (including phenoxy) is 1. The summed E-state index contributed by atoms with van der Waals surface area (Å²) in [6.07, 6.45) is -2.35. The van der Waals surface area contributed by atoms with E-state index < -0.39 is 6.36 Å². The molecule has 0 bridgehead atoms. The summed E-state index contributed by atoms with van der Waals surface area (Å²) >= 11 is 0. The molecule has 2 aromatic rings. The maximum atomic E-state index is 12.1. The first-order chi connectivity index (χ1) is 9.92. The van der Waals surface area contributed by atoms with Crippen molar-refractivity contribution in [2.45, 2.75) is 25.6 Å². The van der Waals surface area contributed by atoms with E-state index in [-0.39, 0.29) is 11.3 Å². The second-order valence-electron chi connectivity index (χ2n) is 4.77. The third-order valence-corrected chi connectivity index (χ3v) is 3.30. The molecule has 1 aromatic carbocycles. The SMILES string of the molecule is O=c1[nH]c(-c2ccc(OC(F)(F)F)cc2)nc2c1CCC2. The Bertz CT molecular complexity index is 720. The lowest BCUT2D eigenvalue weighted by atomic mass is 10.2. The molecule has 0 spiro atoms. The number of halogens is 3. The van der Waals surface area contributed by atoms with Gasteiger partial charge in [0.25, 0.3) is 5.56 Å². The summed E-state index contributed by atoms with van der Waals surface area (Å²) in [5, 5.41) is 0. The van der Waals surface area contributed by atoms with Gasteiger partial charge in [0.1, 0.15) is 11.6 Å². The van der Waals surface area contributed by atoms with Crippen LogP contribution in [0.1, 0.15) is 17.7 Å². The van der Waals surface area contributed by atoms with E-state index in [0.29, 0.717) is 17.0 Å². The molecule has 7 heteroatoms. The molecule has 21 heavy (non-hydrogen) atoms. The van der Waals surface area contributed by atoms with Crippen molar-refractivity contribution >= 4 is 0 Å². The van der Waals surface area contributed by atoms with E-state index in [1.54, 1.807) is 0 Å². The van der Waals surface area contributed by atoms with Crippen molar-refractivity contribution in [2.24, 2.45) is 0 Å². The molecular formula is C14H11F3N2O2. The first-order valence-corrected chi connectivity index (χ1v) is 6.41. The average molecular weight is 296 g/mol. The number of H-pyrrole nitrogens is 1. The number of nitrogens with zero attached hydrogens (tertiary/aromatic N) is 1. The number of benzene rings is 1.